The monoisotopic (exact) mass is 383 g/mol. The molecule has 0 fully saturated rings. The van der Waals surface area contributed by atoms with Gasteiger partial charge < -0.3 is 19.5 Å². The Morgan fingerprint density at radius 3 is 2.57 bits per heavy atom. The molecule has 0 unspecified atom stereocenters. The van der Waals surface area contributed by atoms with Gasteiger partial charge in [-0.15, -0.1) is 0 Å². The number of hydrogen-bond donors (Lipinski definition) is 1. The standard InChI is InChI=1S/C20H21N3O5/c1-4-26-15-10-9-14(11-13(15)2)19-20(23-28-22-19)21-18(24)12-27-17-8-6-5-7-16(17)25-3/h5-11H,4,12H2,1-3H3,(H,21,23,24). The number of hydrogen-bond acceptors (Lipinski definition) is 7. The number of amides is 1. The average Bonchev–Trinajstić information content (AvgIpc) is 3.16. The van der Waals surface area contributed by atoms with Crippen LogP contribution >= 0.6 is 0 Å². The van der Waals surface area contributed by atoms with Crippen molar-refractivity contribution in [2.45, 2.75) is 13.8 Å². The zero-order chi connectivity index (χ0) is 19.9. The van der Waals surface area contributed by atoms with E-state index in [1.807, 2.05) is 38.1 Å². The number of nitrogens with zero attached hydrogens (tertiary/aromatic N) is 2. The fourth-order valence-corrected chi connectivity index (χ4v) is 2.62. The van der Waals surface area contributed by atoms with E-state index in [9.17, 15) is 4.79 Å². The van der Waals surface area contributed by atoms with Crippen LogP contribution in [0.1, 0.15) is 12.5 Å². The molecule has 8 nitrogen and oxygen atoms in total. The molecule has 1 N–H and O–H groups in total. The lowest BCUT2D eigenvalue weighted by molar-refractivity contribution is -0.118. The lowest BCUT2D eigenvalue weighted by Gasteiger charge is -2.10. The molecule has 0 aliphatic heterocycles. The Labute approximate surface area is 162 Å². The number of nitrogens with one attached hydrogen (secondary N) is 1. The van der Waals surface area contributed by atoms with E-state index >= 15 is 0 Å². The zero-order valence-electron chi connectivity index (χ0n) is 15.9. The summed E-state index contributed by atoms with van der Waals surface area (Å²) >= 11 is 0. The van der Waals surface area contributed by atoms with Crippen molar-refractivity contribution in [1.82, 2.24) is 10.3 Å². The van der Waals surface area contributed by atoms with E-state index in [1.54, 1.807) is 18.2 Å². The molecule has 1 amide bonds. The van der Waals surface area contributed by atoms with E-state index in [1.165, 1.54) is 7.11 Å². The molecule has 2 aromatic carbocycles. The molecule has 3 aromatic rings. The minimum absolute atomic E-state index is 0.213. The van der Waals surface area contributed by atoms with Crippen LogP contribution < -0.4 is 19.5 Å². The van der Waals surface area contributed by atoms with E-state index in [0.29, 0.717) is 23.8 Å². The number of aryl methyl sites for hydroxylation is 1. The number of rotatable bonds is 8. The largest absolute Gasteiger partial charge is 0.494 e. The average molecular weight is 383 g/mol. The van der Waals surface area contributed by atoms with Gasteiger partial charge in [-0.1, -0.05) is 12.1 Å². The van der Waals surface area contributed by atoms with Crippen molar-refractivity contribution >= 4 is 11.7 Å². The van der Waals surface area contributed by atoms with Crippen molar-refractivity contribution in [2.75, 3.05) is 25.6 Å². The minimum atomic E-state index is -0.398. The molecule has 0 radical (unpaired) electrons. The van der Waals surface area contributed by atoms with Gasteiger partial charge in [-0.25, -0.2) is 4.63 Å². The summed E-state index contributed by atoms with van der Waals surface area (Å²) < 4.78 is 21.1. The number of ether oxygens (including phenoxy) is 3. The van der Waals surface area contributed by atoms with Crippen LogP contribution in [0.4, 0.5) is 5.82 Å². The molecule has 8 heteroatoms. The highest BCUT2D eigenvalue weighted by atomic mass is 16.6. The number of aromatic nitrogens is 2. The molecule has 0 aliphatic rings. The predicted molar refractivity (Wildman–Crippen MR) is 103 cm³/mol. The molecule has 0 aliphatic carbocycles. The molecule has 3 rings (SSSR count). The molecule has 0 atom stereocenters. The summed E-state index contributed by atoms with van der Waals surface area (Å²) in [7, 11) is 1.54. The van der Waals surface area contributed by atoms with Crippen LogP contribution in [0.3, 0.4) is 0 Å². The first kappa shape index (κ1) is 19.2. The van der Waals surface area contributed by atoms with Crippen molar-refractivity contribution in [1.29, 1.82) is 0 Å². The van der Waals surface area contributed by atoms with Crippen molar-refractivity contribution in [3.05, 3.63) is 48.0 Å². The number of para-hydroxylation sites is 2. The lowest BCUT2D eigenvalue weighted by Crippen LogP contribution is -2.20. The molecule has 0 saturated carbocycles. The fraction of sp³-hybridized carbons (Fsp3) is 0.250. The van der Waals surface area contributed by atoms with Crippen LogP contribution in [0, 0.1) is 6.92 Å². The van der Waals surface area contributed by atoms with Crippen molar-refractivity contribution in [3.8, 4) is 28.5 Å². The quantitative estimate of drug-likeness (QED) is 0.636. The maximum Gasteiger partial charge on any atom is 0.263 e. The van der Waals surface area contributed by atoms with Crippen LogP contribution in [0.2, 0.25) is 0 Å². The van der Waals surface area contributed by atoms with E-state index < -0.39 is 5.91 Å². The molecule has 28 heavy (non-hydrogen) atoms. The molecule has 0 bridgehead atoms. The second kappa shape index (κ2) is 8.90. The van der Waals surface area contributed by atoms with Gasteiger partial charge in [0.05, 0.1) is 13.7 Å². The van der Waals surface area contributed by atoms with Crippen LogP contribution in [-0.4, -0.2) is 36.5 Å². The molecule has 1 heterocycles. The molecular formula is C20H21N3O5. The van der Waals surface area contributed by atoms with Crippen LogP contribution in [0.15, 0.2) is 47.1 Å². The molecular weight excluding hydrogens is 362 g/mol. The first-order valence-electron chi connectivity index (χ1n) is 8.74. The van der Waals surface area contributed by atoms with Gasteiger partial charge in [-0.2, -0.15) is 0 Å². The normalized spacial score (nSPS) is 10.4. The van der Waals surface area contributed by atoms with Crippen LogP contribution in [0.25, 0.3) is 11.3 Å². The van der Waals surface area contributed by atoms with Gasteiger partial charge in [-0.3, -0.25) is 4.79 Å². The smallest absolute Gasteiger partial charge is 0.263 e. The summed E-state index contributed by atoms with van der Waals surface area (Å²) in [6.45, 7) is 4.23. The third kappa shape index (κ3) is 4.40. The van der Waals surface area contributed by atoms with Gasteiger partial charge in [-0.05, 0) is 60.1 Å². The minimum Gasteiger partial charge on any atom is -0.494 e. The Bertz CT molecular complexity index is 955. The number of carbonyl (C=O) groups is 1. The lowest BCUT2D eigenvalue weighted by atomic mass is 10.1. The van der Waals surface area contributed by atoms with E-state index in [2.05, 4.69) is 15.6 Å². The number of benzene rings is 2. The molecule has 0 saturated heterocycles. The number of methoxy groups -OCH3 is 1. The summed E-state index contributed by atoms with van der Waals surface area (Å²) in [4.78, 5) is 12.3. The fourth-order valence-electron chi connectivity index (χ4n) is 2.62. The summed E-state index contributed by atoms with van der Waals surface area (Å²) in [6.07, 6.45) is 0. The molecule has 146 valence electrons. The first-order chi connectivity index (χ1) is 13.6. The van der Waals surface area contributed by atoms with Gasteiger partial charge in [0.1, 0.15) is 5.75 Å². The third-order valence-corrected chi connectivity index (χ3v) is 3.92. The molecule has 0 spiro atoms. The number of carbonyl (C=O) groups excluding carboxylic acids is 1. The highest BCUT2D eigenvalue weighted by Gasteiger charge is 2.17. The Hall–Kier alpha value is -3.55. The SMILES string of the molecule is CCOc1ccc(-c2nonc2NC(=O)COc2ccccc2OC)cc1C. The van der Waals surface area contributed by atoms with E-state index in [0.717, 1.165) is 16.9 Å². The van der Waals surface area contributed by atoms with Crippen molar-refractivity contribution < 1.29 is 23.6 Å². The zero-order valence-corrected chi connectivity index (χ0v) is 15.9. The van der Waals surface area contributed by atoms with Gasteiger partial charge in [0.25, 0.3) is 5.91 Å². The van der Waals surface area contributed by atoms with E-state index in [-0.39, 0.29) is 12.4 Å². The Balaban J connectivity index is 1.68. The van der Waals surface area contributed by atoms with E-state index in [4.69, 9.17) is 18.8 Å². The third-order valence-electron chi connectivity index (χ3n) is 3.92. The maximum atomic E-state index is 12.3. The van der Waals surface area contributed by atoms with Gasteiger partial charge >= 0.3 is 0 Å². The van der Waals surface area contributed by atoms with Crippen LogP contribution in [-0.2, 0) is 4.79 Å². The Kier molecular flexibility index (Phi) is 6.11. The molecule has 1 aromatic heterocycles. The highest BCUT2D eigenvalue weighted by Crippen LogP contribution is 2.29. The highest BCUT2D eigenvalue weighted by molar-refractivity contribution is 5.94. The van der Waals surface area contributed by atoms with Gasteiger partial charge in [0.2, 0.25) is 5.82 Å². The van der Waals surface area contributed by atoms with Crippen molar-refractivity contribution in [2.24, 2.45) is 0 Å². The second-order valence-corrected chi connectivity index (χ2v) is 5.86. The maximum absolute atomic E-state index is 12.3. The second-order valence-electron chi connectivity index (χ2n) is 5.86. The van der Waals surface area contributed by atoms with Gasteiger partial charge in [0.15, 0.2) is 23.8 Å². The summed E-state index contributed by atoms with van der Waals surface area (Å²) in [6, 6.07) is 12.7. The predicted octanol–water partition coefficient (Wildman–Crippen LogP) is 3.47. The summed E-state index contributed by atoms with van der Waals surface area (Å²) in [5.41, 5.74) is 2.12. The topological polar surface area (TPSA) is 95.7 Å². The van der Waals surface area contributed by atoms with Crippen LogP contribution in [0.5, 0.6) is 17.2 Å². The van der Waals surface area contributed by atoms with Gasteiger partial charge in [0, 0.05) is 5.56 Å². The summed E-state index contributed by atoms with van der Waals surface area (Å²) in [5.74, 6) is 1.63. The Morgan fingerprint density at radius 2 is 1.86 bits per heavy atom. The van der Waals surface area contributed by atoms with Crippen molar-refractivity contribution in [3.63, 3.8) is 0 Å². The number of anilines is 1. The summed E-state index contributed by atoms with van der Waals surface area (Å²) in [5, 5.41) is 10.3. The first-order valence-corrected chi connectivity index (χ1v) is 8.74. The Morgan fingerprint density at radius 1 is 1.07 bits per heavy atom.